The Balaban J connectivity index is 0.925. The fraction of sp³-hybridized carbons (Fsp3) is 0.947. The van der Waals surface area contributed by atoms with E-state index < -0.39 is 0 Å². The summed E-state index contributed by atoms with van der Waals surface area (Å²) in [7, 11) is 0. The lowest BCUT2D eigenvalue weighted by Gasteiger charge is -2.43. The van der Waals surface area contributed by atoms with Crippen molar-refractivity contribution in [3.63, 3.8) is 0 Å². The van der Waals surface area contributed by atoms with E-state index in [0.717, 1.165) is 47.3 Å². The molecule has 4 nitrogen and oxygen atoms in total. The number of piperidine rings is 4. The van der Waals surface area contributed by atoms with Gasteiger partial charge in [-0.1, -0.05) is 12.2 Å². The van der Waals surface area contributed by atoms with Crippen molar-refractivity contribution < 1.29 is 0 Å². The monoisotopic (exact) mass is 579 g/mol. The van der Waals surface area contributed by atoms with E-state index >= 15 is 0 Å². The highest BCUT2D eigenvalue weighted by atomic mass is 15.2. The molecule has 0 aromatic rings. The second-order valence-corrected chi connectivity index (χ2v) is 16.7. The van der Waals surface area contributed by atoms with Crippen LogP contribution in [0.1, 0.15) is 103 Å². The second kappa shape index (κ2) is 14.8. The van der Waals surface area contributed by atoms with E-state index in [1.165, 1.54) is 181 Å². The van der Waals surface area contributed by atoms with Gasteiger partial charge in [0.2, 0.25) is 0 Å². The molecule has 14 aliphatic heterocycles. The van der Waals surface area contributed by atoms with Crippen molar-refractivity contribution in [2.24, 2.45) is 47.3 Å². The summed E-state index contributed by atoms with van der Waals surface area (Å²) in [5.74, 6) is 7.68. The first-order valence-corrected chi connectivity index (χ1v) is 19.3. The fourth-order valence-corrected chi connectivity index (χ4v) is 10.8. The summed E-state index contributed by atoms with van der Waals surface area (Å²) in [6.07, 6.45) is 28.9. The van der Waals surface area contributed by atoms with E-state index in [9.17, 15) is 0 Å². The molecule has 12 bridgehead atoms. The molecule has 16 aliphatic rings. The number of nitrogens with zero attached hydrogens (tertiary/aromatic N) is 4. The standard InChI is InChI=1S/C38H66N4/c1-2-32-13-21-40(22-14-32)28-34-5-9-36(10-6-34)30-42-25-17-38(18-26-42)37-15-23-41(24-16-37)29-35-7-3-33(4-8-35)27-39-19-11-31(1)12-20-39/h1-2,31-38H,3-30H2/b2-1+. The van der Waals surface area contributed by atoms with E-state index in [1.807, 2.05) is 0 Å². The molecule has 16 rings (SSSR count). The van der Waals surface area contributed by atoms with Crippen LogP contribution < -0.4 is 0 Å². The Hall–Kier alpha value is -0.420. The molecule has 6 fully saturated rings. The topological polar surface area (TPSA) is 13.0 Å². The predicted octanol–water partition coefficient (Wildman–Crippen LogP) is 7.02. The Kier molecular flexibility index (Phi) is 10.6. The maximum absolute atomic E-state index is 2.88. The lowest BCUT2D eigenvalue weighted by molar-refractivity contribution is 0.0704. The fourth-order valence-electron chi connectivity index (χ4n) is 10.8. The molecule has 0 amide bonds. The van der Waals surface area contributed by atoms with E-state index in [2.05, 4.69) is 31.8 Å². The normalized spacial score (nSPS) is 48.4. The van der Waals surface area contributed by atoms with Crippen LogP contribution in [0, 0.1) is 47.3 Å². The molecule has 0 aromatic carbocycles. The lowest BCUT2D eigenvalue weighted by Crippen LogP contribution is -2.44. The van der Waals surface area contributed by atoms with Crippen molar-refractivity contribution in [3.8, 4) is 0 Å². The summed E-state index contributed by atoms with van der Waals surface area (Å²) >= 11 is 0. The van der Waals surface area contributed by atoms with Gasteiger partial charge in [0, 0.05) is 26.2 Å². The number of allylic oxidation sites excluding steroid dienone is 2. The Labute approximate surface area is 260 Å². The van der Waals surface area contributed by atoms with E-state index in [-0.39, 0.29) is 0 Å². The van der Waals surface area contributed by atoms with Crippen molar-refractivity contribution in [2.75, 3.05) is 78.5 Å². The van der Waals surface area contributed by atoms with Crippen molar-refractivity contribution >= 4 is 0 Å². The highest BCUT2D eigenvalue weighted by Gasteiger charge is 2.33. The van der Waals surface area contributed by atoms with Gasteiger partial charge in [-0.2, -0.15) is 0 Å². The van der Waals surface area contributed by atoms with Crippen molar-refractivity contribution in [2.45, 2.75) is 103 Å². The minimum Gasteiger partial charge on any atom is -0.303 e. The molecule has 0 aromatic heterocycles. The highest BCUT2D eigenvalue weighted by Crippen LogP contribution is 2.37. The first-order chi connectivity index (χ1) is 20.7. The van der Waals surface area contributed by atoms with Gasteiger partial charge in [-0.25, -0.2) is 0 Å². The van der Waals surface area contributed by atoms with Crippen LogP contribution in [-0.2, 0) is 0 Å². The summed E-state index contributed by atoms with van der Waals surface area (Å²) < 4.78 is 0. The number of rotatable bonds is 0. The maximum Gasteiger partial charge on any atom is 0.000967 e. The van der Waals surface area contributed by atoms with Gasteiger partial charge in [-0.15, -0.1) is 0 Å². The van der Waals surface area contributed by atoms with Crippen LogP contribution in [0.3, 0.4) is 0 Å². The molecule has 4 saturated heterocycles. The first-order valence-electron chi connectivity index (χ1n) is 19.3. The Morgan fingerprint density at radius 3 is 0.786 bits per heavy atom. The first kappa shape index (κ1) is 30.2. The van der Waals surface area contributed by atoms with Gasteiger partial charge in [0.25, 0.3) is 0 Å². The second-order valence-electron chi connectivity index (χ2n) is 16.7. The summed E-state index contributed by atoms with van der Waals surface area (Å²) in [6.45, 7) is 16.6. The molecule has 2 saturated carbocycles. The molecule has 2 aliphatic carbocycles. The van der Waals surface area contributed by atoms with Gasteiger partial charge in [-0.05, 0) is 202 Å². The average Bonchev–Trinajstić information content (AvgIpc) is 3.04. The van der Waals surface area contributed by atoms with Crippen LogP contribution in [0.2, 0.25) is 0 Å². The molecule has 0 N–H and O–H groups in total. The third kappa shape index (κ3) is 8.24. The zero-order chi connectivity index (χ0) is 28.1. The third-order valence-electron chi connectivity index (χ3n) is 13.8. The zero-order valence-corrected chi connectivity index (χ0v) is 27.4. The maximum atomic E-state index is 2.88. The SMILES string of the molecule is C1=C/C2CCN(CC2)CC2CCC(CC2)CN2CCC(CC2)C2CCN(CC2)CC2CCC(CC2)CN2CCC/1CC2. The van der Waals surface area contributed by atoms with Gasteiger partial charge in [-0.3, -0.25) is 0 Å². The molecule has 4 heteroatoms. The molecule has 14 heterocycles. The van der Waals surface area contributed by atoms with Crippen LogP contribution in [0.5, 0.6) is 0 Å². The minimum absolute atomic E-state index is 0.848. The molecule has 42 heavy (non-hydrogen) atoms. The predicted molar refractivity (Wildman–Crippen MR) is 177 cm³/mol. The van der Waals surface area contributed by atoms with Crippen LogP contribution in [0.25, 0.3) is 0 Å². The Bertz CT molecular complexity index is 742. The lowest BCUT2D eigenvalue weighted by atomic mass is 9.77. The van der Waals surface area contributed by atoms with Gasteiger partial charge in [0.1, 0.15) is 0 Å². The number of hydrogen-bond acceptors (Lipinski definition) is 4. The van der Waals surface area contributed by atoms with Crippen LogP contribution in [-0.4, -0.2) is 98.1 Å². The molecule has 0 atom stereocenters. The van der Waals surface area contributed by atoms with Crippen LogP contribution in [0.15, 0.2) is 12.2 Å². The molecule has 0 radical (unpaired) electrons. The zero-order valence-electron chi connectivity index (χ0n) is 27.4. The van der Waals surface area contributed by atoms with Crippen molar-refractivity contribution in [1.29, 1.82) is 0 Å². The quantitative estimate of drug-likeness (QED) is 0.287. The van der Waals surface area contributed by atoms with E-state index in [4.69, 9.17) is 0 Å². The molecule has 0 unspecified atom stereocenters. The van der Waals surface area contributed by atoms with Gasteiger partial charge >= 0.3 is 0 Å². The smallest absolute Gasteiger partial charge is 0.000967 e. The number of hydrogen-bond donors (Lipinski definition) is 0. The summed E-state index contributed by atoms with van der Waals surface area (Å²) in [4.78, 5) is 11.4. The molecule has 0 spiro atoms. The molecular weight excluding hydrogens is 512 g/mol. The van der Waals surface area contributed by atoms with Gasteiger partial charge < -0.3 is 19.6 Å². The third-order valence-corrected chi connectivity index (χ3v) is 13.8. The largest absolute Gasteiger partial charge is 0.303 e. The summed E-state index contributed by atoms with van der Waals surface area (Å²) in [6, 6.07) is 0. The Morgan fingerprint density at radius 1 is 0.286 bits per heavy atom. The van der Waals surface area contributed by atoms with Gasteiger partial charge in [0.15, 0.2) is 0 Å². The highest BCUT2D eigenvalue weighted by molar-refractivity contribution is 4.97. The van der Waals surface area contributed by atoms with Crippen LogP contribution in [0.4, 0.5) is 0 Å². The van der Waals surface area contributed by atoms with Crippen LogP contribution >= 0.6 is 0 Å². The molecule has 238 valence electrons. The van der Waals surface area contributed by atoms with Crippen molar-refractivity contribution in [1.82, 2.24) is 19.6 Å². The summed E-state index contributed by atoms with van der Waals surface area (Å²) in [5.41, 5.74) is 0. The Morgan fingerprint density at radius 2 is 0.524 bits per heavy atom. The van der Waals surface area contributed by atoms with E-state index in [0.29, 0.717) is 0 Å². The average molecular weight is 579 g/mol. The van der Waals surface area contributed by atoms with Crippen molar-refractivity contribution in [3.05, 3.63) is 12.2 Å². The van der Waals surface area contributed by atoms with Gasteiger partial charge in [0.05, 0.1) is 0 Å². The van der Waals surface area contributed by atoms with E-state index in [1.54, 1.807) is 0 Å². The summed E-state index contributed by atoms with van der Waals surface area (Å²) in [5, 5.41) is 0. The molecular formula is C38H66N4. The minimum atomic E-state index is 0.848.